The van der Waals surface area contributed by atoms with Crippen molar-refractivity contribution < 1.29 is 9.13 Å². The largest absolute Gasteiger partial charge is 0.486 e. The van der Waals surface area contributed by atoms with Crippen molar-refractivity contribution in [3.63, 3.8) is 0 Å². The Kier molecular flexibility index (Phi) is 5.42. The molecule has 1 aromatic rings. The Morgan fingerprint density at radius 2 is 2.08 bits per heavy atom. The second kappa shape index (κ2) is 5.78. The van der Waals surface area contributed by atoms with E-state index >= 15 is 0 Å². The van der Waals surface area contributed by atoms with Crippen LogP contribution in [0.5, 0.6) is 5.75 Å². The molecule has 0 aliphatic rings. The van der Waals surface area contributed by atoms with Gasteiger partial charge in [-0.3, -0.25) is 0 Å². The monoisotopic (exact) mass is 205 g/mol. The van der Waals surface area contributed by atoms with E-state index in [9.17, 15) is 4.39 Å². The highest BCUT2D eigenvalue weighted by molar-refractivity contribution is 5.85. The molecule has 0 aliphatic carbocycles. The van der Waals surface area contributed by atoms with Gasteiger partial charge in [0.05, 0.1) is 0 Å². The number of ether oxygens (including phenoxy) is 1. The molecule has 1 rings (SSSR count). The molecule has 0 aliphatic heterocycles. The molecular formula is C9H13ClFNO. The van der Waals surface area contributed by atoms with Gasteiger partial charge in [-0.25, -0.2) is 4.39 Å². The minimum Gasteiger partial charge on any atom is -0.486 e. The summed E-state index contributed by atoms with van der Waals surface area (Å²) < 4.78 is 18.1. The van der Waals surface area contributed by atoms with Crippen LogP contribution >= 0.6 is 12.4 Å². The van der Waals surface area contributed by atoms with Crippen molar-refractivity contribution in [2.45, 2.75) is 13.0 Å². The first-order valence-electron chi connectivity index (χ1n) is 3.85. The highest BCUT2D eigenvalue weighted by Crippen LogP contribution is 2.16. The van der Waals surface area contributed by atoms with E-state index in [1.54, 1.807) is 25.1 Å². The van der Waals surface area contributed by atoms with Gasteiger partial charge in [-0.1, -0.05) is 12.1 Å². The number of nitrogens with two attached hydrogens (primary N) is 1. The van der Waals surface area contributed by atoms with Gasteiger partial charge in [0.2, 0.25) is 0 Å². The predicted molar refractivity (Wildman–Crippen MR) is 52.8 cm³/mol. The lowest BCUT2D eigenvalue weighted by atomic mass is 10.3. The zero-order valence-corrected chi connectivity index (χ0v) is 8.18. The summed E-state index contributed by atoms with van der Waals surface area (Å²) in [6.45, 7) is 2.18. The highest BCUT2D eigenvalue weighted by atomic mass is 35.5. The predicted octanol–water partition coefficient (Wildman–Crippen LogP) is 1.97. The van der Waals surface area contributed by atoms with Crippen LogP contribution in [0.2, 0.25) is 0 Å². The molecule has 0 heterocycles. The molecule has 0 bridgehead atoms. The lowest BCUT2D eigenvalue weighted by Crippen LogP contribution is -2.23. The normalized spacial score (nSPS) is 11.6. The third-order valence-corrected chi connectivity index (χ3v) is 1.50. The second-order valence-electron chi connectivity index (χ2n) is 2.59. The molecule has 0 amide bonds. The van der Waals surface area contributed by atoms with E-state index in [1.165, 1.54) is 6.07 Å². The van der Waals surface area contributed by atoms with Gasteiger partial charge in [0.15, 0.2) is 11.6 Å². The summed E-state index contributed by atoms with van der Waals surface area (Å²) >= 11 is 0. The van der Waals surface area contributed by atoms with E-state index in [4.69, 9.17) is 10.5 Å². The number of benzene rings is 1. The van der Waals surface area contributed by atoms with Crippen LogP contribution in [0.1, 0.15) is 6.92 Å². The molecular weight excluding hydrogens is 193 g/mol. The molecule has 0 aromatic heterocycles. The minimum atomic E-state index is -0.349. The van der Waals surface area contributed by atoms with Crippen LogP contribution in [-0.4, -0.2) is 12.6 Å². The summed E-state index contributed by atoms with van der Waals surface area (Å²) in [5.74, 6) is -0.0896. The minimum absolute atomic E-state index is 0. The molecule has 1 atom stereocenters. The summed E-state index contributed by atoms with van der Waals surface area (Å²) in [6.07, 6.45) is -0.151. The molecule has 0 radical (unpaired) electrons. The van der Waals surface area contributed by atoms with E-state index in [0.717, 1.165) is 0 Å². The van der Waals surface area contributed by atoms with Gasteiger partial charge < -0.3 is 10.5 Å². The van der Waals surface area contributed by atoms with Crippen molar-refractivity contribution in [1.82, 2.24) is 0 Å². The van der Waals surface area contributed by atoms with Crippen molar-refractivity contribution in [3.8, 4) is 5.75 Å². The molecule has 13 heavy (non-hydrogen) atoms. The van der Waals surface area contributed by atoms with E-state index in [1.807, 2.05) is 0 Å². The Labute approximate surface area is 83.3 Å². The van der Waals surface area contributed by atoms with Gasteiger partial charge in [0.25, 0.3) is 0 Å². The molecule has 1 unspecified atom stereocenters. The maximum absolute atomic E-state index is 12.9. The smallest absolute Gasteiger partial charge is 0.165 e. The van der Waals surface area contributed by atoms with Crippen molar-refractivity contribution in [1.29, 1.82) is 0 Å². The Hall–Kier alpha value is -0.800. The highest BCUT2D eigenvalue weighted by Gasteiger charge is 2.04. The van der Waals surface area contributed by atoms with Gasteiger partial charge in [-0.2, -0.15) is 0 Å². The maximum Gasteiger partial charge on any atom is 0.165 e. The third-order valence-electron chi connectivity index (χ3n) is 1.50. The van der Waals surface area contributed by atoms with Crippen LogP contribution in [0.4, 0.5) is 4.39 Å². The molecule has 2 nitrogen and oxygen atoms in total. The van der Waals surface area contributed by atoms with Gasteiger partial charge in [-0.15, -0.1) is 12.4 Å². The first kappa shape index (κ1) is 12.2. The Morgan fingerprint density at radius 1 is 1.46 bits per heavy atom. The van der Waals surface area contributed by atoms with Crippen LogP contribution in [0, 0.1) is 5.82 Å². The molecule has 4 heteroatoms. The van der Waals surface area contributed by atoms with Gasteiger partial charge in [0, 0.05) is 6.54 Å². The molecule has 1 aromatic carbocycles. The van der Waals surface area contributed by atoms with Crippen molar-refractivity contribution in [2.75, 3.05) is 6.54 Å². The van der Waals surface area contributed by atoms with Crippen LogP contribution < -0.4 is 10.5 Å². The summed E-state index contributed by atoms with van der Waals surface area (Å²) in [6, 6.07) is 6.29. The summed E-state index contributed by atoms with van der Waals surface area (Å²) in [5, 5.41) is 0. The second-order valence-corrected chi connectivity index (χ2v) is 2.59. The van der Waals surface area contributed by atoms with Crippen molar-refractivity contribution in [2.24, 2.45) is 5.73 Å². The fourth-order valence-electron chi connectivity index (χ4n) is 0.805. The van der Waals surface area contributed by atoms with Crippen LogP contribution in [0.15, 0.2) is 24.3 Å². The standard InChI is InChI=1S/C9H12FNO.ClH/c1-7(6-11)12-9-5-3-2-4-8(9)10;/h2-5,7H,6,11H2,1H3;1H. The lowest BCUT2D eigenvalue weighted by molar-refractivity contribution is 0.219. The first-order valence-corrected chi connectivity index (χ1v) is 3.85. The Bertz CT molecular complexity index is 257. The summed E-state index contributed by atoms with van der Waals surface area (Å²) in [5.41, 5.74) is 5.32. The average molecular weight is 206 g/mol. The van der Waals surface area contributed by atoms with E-state index in [2.05, 4.69) is 0 Å². The van der Waals surface area contributed by atoms with Crippen LogP contribution in [0.25, 0.3) is 0 Å². The maximum atomic E-state index is 12.9. The van der Waals surface area contributed by atoms with Gasteiger partial charge in [-0.05, 0) is 19.1 Å². The van der Waals surface area contributed by atoms with Crippen LogP contribution in [-0.2, 0) is 0 Å². The molecule has 0 saturated carbocycles. The summed E-state index contributed by atoms with van der Waals surface area (Å²) in [4.78, 5) is 0. The first-order chi connectivity index (χ1) is 5.74. The third kappa shape index (κ3) is 3.61. The number of hydrogen-bond acceptors (Lipinski definition) is 2. The number of halogens is 2. The zero-order chi connectivity index (χ0) is 8.97. The van der Waals surface area contributed by atoms with Crippen molar-refractivity contribution in [3.05, 3.63) is 30.1 Å². The number of para-hydroxylation sites is 1. The van der Waals surface area contributed by atoms with E-state index in [-0.39, 0.29) is 30.1 Å². The lowest BCUT2D eigenvalue weighted by Gasteiger charge is -2.12. The average Bonchev–Trinajstić information content (AvgIpc) is 2.09. The summed E-state index contributed by atoms with van der Waals surface area (Å²) in [7, 11) is 0. The molecule has 0 fully saturated rings. The number of hydrogen-bond donors (Lipinski definition) is 1. The van der Waals surface area contributed by atoms with Crippen LogP contribution in [0.3, 0.4) is 0 Å². The quantitative estimate of drug-likeness (QED) is 0.819. The Morgan fingerprint density at radius 3 is 2.62 bits per heavy atom. The van der Waals surface area contributed by atoms with Crippen molar-refractivity contribution >= 4 is 12.4 Å². The molecule has 0 spiro atoms. The molecule has 74 valence electrons. The van der Waals surface area contributed by atoms with E-state index in [0.29, 0.717) is 6.54 Å². The van der Waals surface area contributed by atoms with Gasteiger partial charge in [0.1, 0.15) is 6.10 Å². The molecule has 0 saturated heterocycles. The zero-order valence-electron chi connectivity index (χ0n) is 7.37. The topological polar surface area (TPSA) is 35.2 Å². The molecule has 2 N–H and O–H groups in total. The fourth-order valence-corrected chi connectivity index (χ4v) is 0.805. The van der Waals surface area contributed by atoms with E-state index < -0.39 is 0 Å². The number of rotatable bonds is 3. The Balaban J connectivity index is 0.00000144. The fraction of sp³-hybridized carbons (Fsp3) is 0.333. The SMILES string of the molecule is CC(CN)Oc1ccccc1F.Cl. The van der Waals surface area contributed by atoms with Gasteiger partial charge >= 0.3 is 0 Å².